The maximum absolute atomic E-state index is 13.1. The number of nitrogens with zero attached hydrogens (tertiary/aromatic N) is 1. The third-order valence-corrected chi connectivity index (χ3v) is 6.18. The van der Waals surface area contributed by atoms with Crippen LogP contribution in [0.25, 0.3) is 0 Å². The minimum absolute atomic E-state index is 0.158. The van der Waals surface area contributed by atoms with Gasteiger partial charge in [-0.15, -0.1) is 0 Å². The first kappa shape index (κ1) is 32.4. The lowest BCUT2D eigenvalue weighted by atomic mass is 10.0. The number of likely N-dealkylation sites (tertiary alicyclic amines) is 1. The number of aliphatic hydroxyl groups excluding tert-OH is 1. The SMILES string of the molecule is CC(C)C[C@@H](CN1CC(O)C(NC(=O)[C@H](CC(C)C)NC(=O)OC(C)(C)C)C1)NC(=O)OCc1ccccc1. The first-order chi connectivity index (χ1) is 18.2. The van der Waals surface area contributed by atoms with Crippen LogP contribution in [0.5, 0.6) is 0 Å². The monoisotopic (exact) mass is 548 g/mol. The van der Waals surface area contributed by atoms with Crippen LogP contribution in [0.1, 0.15) is 66.9 Å². The Labute approximate surface area is 233 Å². The number of carbonyl (C=O) groups excluding carboxylic acids is 3. The number of nitrogens with one attached hydrogen (secondary N) is 3. The van der Waals surface area contributed by atoms with Crippen molar-refractivity contribution in [1.29, 1.82) is 0 Å². The van der Waals surface area contributed by atoms with Crippen LogP contribution < -0.4 is 16.0 Å². The van der Waals surface area contributed by atoms with Gasteiger partial charge in [0.05, 0.1) is 12.1 Å². The van der Waals surface area contributed by atoms with Crippen molar-refractivity contribution in [2.75, 3.05) is 19.6 Å². The second-order valence-electron chi connectivity index (χ2n) is 12.3. The molecule has 4 atom stereocenters. The van der Waals surface area contributed by atoms with Gasteiger partial charge in [0.2, 0.25) is 5.91 Å². The van der Waals surface area contributed by atoms with Gasteiger partial charge in [0.25, 0.3) is 0 Å². The molecule has 1 saturated heterocycles. The molecule has 1 fully saturated rings. The van der Waals surface area contributed by atoms with E-state index in [4.69, 9.17) is 9.47 Å². The molecule has 4 N–H and O–H groups in total. The fourth-order valence-corrected chi connectivity index (χ4v) is 4.58. The number of carbonyl (C=O) groups is 3. The lowest BCUT2D eigenvalue weighted by Gasteiger charge is -2.27. The van der Waals surface area contributed by atoms with Crippen molar-refractivity contribution in [3.8, 4) is 0 Å². The number of amides is 3. The van der Waals surface area contributed by atoms with Gasteiger partial charge in [-0.25, -0.2) is 9.59 Å². The van der Waals surface area contributed by atoms with E-state index in [1.807, 2.05) is 49.1 Å². The minimum Gasteiger partial charge on any atom is -0.445 e. The highest BCUT2D eigenvalue weighted by Crippen LogP contribution is 2.16. The molecule has 1 aromatic carbocycles. The van der Waals surface area contributed by atoms with Crippen LogP contribution in [0.2, 0.25) is 0 Å². The van der Waals surface area contributed by atoms with E-state index in [1.54, 1.807) is 20.8 Å². The summed E-state index contributed by atoms with van der Waals surface area (Å²) < 4.78 is 10.7. The highest BCUT2D eigenvalue weighted by Gasteiger charge is 2.36. The number of aliphatic hydroxyl groups is 1. The predicted molar refractivity (Wildman–Crippen MR) is 150 cm³/mol. The van der Waals surface area contributed by atoms with Crippen molar-refractivity contribution in [2.45, 2.75) is 97.7 Å². The molecule has 0 saturated carbocycles. The molecule has 0 spiro atoms. The smallest absolute Gasteiger partial charge is 0.408 e. The summed E-state index contributed by atoms with van der Waals surface area (Å²) in [6.07, 6.45) is -0.749. The normalized spacial score (nSPS) is 19.4. The standard InChI is InChI=1S/C29H48N4O6/c1-19(2)13-22(30-27(36)38-18-21-11-9-8-10-12-21)15-33-16-24(25(34)17-33)31-26(35)23(14-20(3)4)32-28(37)39-29(5,6)7/h8-12,19-20,22-25,34H,13-18H2,1-7H3,(H,30,36)(H,31,35)(H,32,37)/t22-,23-,24?,25?/m0/s1. The highest BCUT2D eigenvalue weighted by molar-refractivity contribution is 5.86. The number of alkyl carbamates (subject to hydrolysis) is 2. The second-order valence-corrected chi connectivity index (χ2v) is 12.3. The molecule has 220 valence electrons. The summed E-state index contributed by atoms with van der Waals surface area (Å²) >= 11 is 0. The van der Waals surface area contributed by atoms with Crippen molar-refractivity contribution in [1.82, 2.24) is 20.9 Å². The van der Waals surface area contributed by atoms with Gasteiger partial charge in [-0.05, 0) is 51.0 Å². The van der Waals surface area contributed by atoms with E-state index >= 15 is 0 Å². The fraction of sp³-hybridized carbons (Fsp3) is 0.690. The molecular formula is C29H48N4O6. The zero-order valence-corrected chi connectivity index (χ0v) is 24.5. The van der Waals surface area contributed by atoms with E-state index in [1.165, 1.54) is 0 Å². The Morgan fingerprint density at radius 2 is 1.62 bits per heavy atom. The molecule has 39 heavy (non-hydrogen) atoms. The van der Waals surface area contributed by atoms with Crippen LogP contribution in [0, 0.1) is 11.8 Å². The third kappa shape index (κ3) is 12.7. The molecule has 3 amide bonds. The summed E-state index contributed by atoms with van der Waals surface area (Å²) in [7, 11) is 0. The minimum atomic E-state index is -0.782. The quantitative estimate of drug-likeness (QED) is 0.315. The molecule has 1 aliphatic rings. The molecule has 1 heterocycles. The van der Waals surface area contributed by atoms with Gasteiger partial charge in [-0.2, -0.15) is 0 Å². The molecular weight excluding hydrogens is 500 g/mol. The van der Waals surface area contributed by atoms with E-state index in [-0.39, 0.29) is 24.5 Å². The summed E-state index contributed by atoms with van der Waals surface area (Å²) in [5.41, 5.74) is 0.228. The van der Waals surface area contributed by atoms with E-state index in [0.717, 1.165) is 12.0 Å². The summed E-state index contributed by atoms with van der Waals surface area (Å²) in [5.74, 6) is 0.134. The Morgan fingerprint density at radius 3 is 2.21 bits per heavy atom. The Morgan fingerprint density at radius 1 is 0.974 bits per heavy atom. The summed E-state index contributed by atoms with van der Waals surface area (Å²) in [6.45, 7) is 14.9. The maximum atomic E-state index is 13.1. The molecule has 1 aromatic rings. The van der Waals surface area contributed by atoms with Crippen LogP contribution in [-0.2, 0) is 20.9 Å². The molecule has 10 nitrogen and oxygen atoms in total. The Hall–Kier alpha value is -2.85. The van der Waals surface area contributed by atoms with Gasteiger partial charge >= 0.3 is 12.2 Å². The van der Waals surface area contributed by atoms with Gasteiger partial charge in [0, 0.05) is 25.7 Å². The lowest BCUT2D eigenvalue weighted by molar-refractivity contribution is -0.124. The van der Waals surface area contributed by atoms with Crippen LogP contribution in [0.4, 0.5) is 9.59 Å². The first-order valence-corrected chi connectivity index (χ1v) is 13.9. The van der Waals surface area contributed by atoms with E-state index in [9.17, 15) is 19.5 Å². The molecule has 0 aliphatic carbocycles. The van der Waals surface area contributed by atoms with E-state index in [2.05, 4.69) is 29.8 Å². The van der Waals surface area contributed by atoms with Crippen molar-refractivity contribution in [2.24, 2.45) is 11.8 Å². The zero-order chi connectivity index (χ0) is 29.2. The Kier molecular flexibility index (Phi) is 12.5. The van der Waals surface area contributed by atoms with Crippen LogP contribution >= 0.6 is 0 Å². The lowest BCUT2D eigenvalue weighted by Crippen LogP contribution is -2.53. The van der Waals surface area contributed by atoms with Crippen molar-refractivity contribution in [3.05, 3.63) is 35.9 Å². The predicted octanol–water partition coefficient (Wildman–Crippen LogP) is 3.43. The van der Waals surface area contributed by atoms with Gasteiger partial charge in [0.1, 0.15) is 18.2 Å². The summed E-state index contributed by atoms with van der Waals surface area (Å²) in [5, 5.41) is 19.3. The molecule has 10 heteroatoms. The number of β-amino-alcohol motifs (C(OH)–C–C–N with tert-alkyl or cyclic N) is 1. The van der Waals surface area contributed by atoms with Gasteiger partial charge < -0.3 is 30.5 Å². The molecule has 2 rings (SSSR count). The largest absolute Gasteiger partial charge is 0.445 e. The molecule has 1 aliphatic heterocycles. The van der Waals surface area contributed by atoms with E-state index in [0.29, 0.717) is 32.0 Å². The summed E-state index contributed by atoms with van der Waals surface area (Å²) in [6, 6.07) is 8.02. The topological polar surface area (TPSA) is 129 Å². The second kappa shape index (κ2) is 15.1. The zero-order valence-electron chi connectivity index (χ0n) is 24.5. The van der Waals surface area contributed by atoms with Crippen LogP contribution in [-0.4, -0.2) is 77.6 Å². The van der Waals surface area contributed by atoms with Crippen molar-refractivity contribution < 1.29 is 29.0 Å². The number of hydrogen-bond donors (Lipinski definition) is 4. The fourth-order valence-electron chi connectivity index (χ4n) is 4.58. The number of rotatable bonds is 12. The number of benzene rings is 1. The van der Waals surface area contributed by atoms with Crippen LogP contribution in [0.15, 0.2) is 30.3 Å². The molecule has 0 bridgehead atoms. The molecule has 2 unspecified atom stereocenters. The summed E-state index contributed by atoms with van der Waals surface area (Å²) in [4.78, 5) is 39.9. The highest BCUT2D eigenvalue weighted by atomic mass is 16.6. The van der Waals surface area contributed by atoms with Crippen LogP contribution in [0.3, 0.4) is 0 Å². The number of ether oxygens (including phenoxy) is 2. The van der Waals surface area contributed by atoms with E-state index < -0.39 is 36.0 Å². The average Bonchev–Trinajstić information content (AvgIpc) is 3.14. The first-order valence-electron chi connectivity index (χ1n) is 13.9. The van der Waals surface area contributed by atoms with Gasteiger partial charge in [-0.1, -0.05) is 58.0 Å². The Balaban J connectivity index is 1.94. The maximum Gasteiger partial charge on any atom is 0.408 e. The van der Waals surface area contributed by atoms with Gasteiger partial charge in [-0.3, -0.25) is 9.69 Å². The van der Waals surface area contributed by atoms with Gasteiger partial charge in [0.15, 0.2) is 0 Å². The Bertz CT molecular complexity index is 918. The molecule has 0 aromatic heterocycles. The third-order valence-electron chi connectivity index (χ3n) is 6.18. The average molecular weight is 549 g/mol. The molecule has 0 radical (unpaired) electrons. The van der Waals surface area contributed by atoms with Crippen molar-refractivity contribution >= 4 is 18.1 Å². The number of hydrogen-bond acceptors (Lipinski definition) is 7. The van der Waals surface area contributed by atoms with Crippen molar-refractivity contribution in [3.63, 3.8) is 0 Å².